The van der Waals surface area contributed by atoms with Gasteiger partial charge in [0.25, 0.3) is 0 Å². The maximum absolute atomic E-state index is 13.2. The number of rotatable bonds is 5. The van der Waals surface area contributed by atoms with Gasteiger partial charge < -0.3 is 9.64 Å². The molecule has 7 nitrogen and oxygen atoms in total. The van der Waals surface area contributed by atoms with Crippen LogP contribution in [0.3, 0.4) is 0 Å². The minimum Gasteiger partial charge on any atom is -0.376 e. The maximum Gasteiger partial charge on any atom is 0.223 e. The number of carbonyl (C=O) groups is 1. The molecule has 0 bridgehead atoms. The molecule has 1 amide bonds. The van der Waals surface area contributed by atoms with Crippen molar-refractivity contribution in [3.63, 3.8) is 0 Å². The number of pyridine rings is 1. The highest BCUT2D eigenvalue weighted by molar-refractivity contribution is 5.86. The Balaban J connectivity index is 1.71. The lowest BCUT2D eigenvalue weighted by atomic mass is 9.91. The minimum atomic E-state index is -0.0713. The summed E-state index contributed by atoms with van der Waals surface area (Å²) in [6.07, 6.45) is 2.65. The molecule has 1 fully saturated rings. The molecule has 4 rings (SSSR count). The normalized spacial score (nSPS) is 17.3. The summed E-state index contributed by atoms with van der Waals surface area (Å²) in [6, 6.07) is 8.27. The van der Waals surface area contributed by atoms with Crippen molar-refractivity contribution in [2.75, 3.05) is 13.2 Å². The van der Waals surface area contributed by atoms with Crippen molar-refractivity contribution < 1.29 is 9.53 Å². The molecule has 1 atom stereocenters. The number of nitrogens with zero attached hydrogens (tertiary/aromatic N) is 5. The largest absolute Gasteiger partial charge is 0.376 e. The van der Waals surface area contributed by atoms with E-state index >= 15 is 0 Å². The van der Waals surface area contributed by atoms with E-state index in [1.807, 2.05) is 11.0 Å². The fourth-order valence-corrected chi connectivity index (χ4v) is 4.05. The maximum atomic E-state index is 13.2. The summed E-state index contributed by atoms with van der Waals surface area (Å²) < 4.78 is 7.61. The third-order valence-corrected chi connectivity index (χ3v) is 5.41. The van der Waals surface area contributed by atoms with Crippen LogP contribution in [0.15, 0.2) is 24.3 Å². The lowest BCUT2D eigenvalue weighted by Gasteiger charge is -2.29. The summed E-state index contributed by atoms with van der Waals surface area (Å²) in [5.41, 5.74) is 3.70. The molecule has 2 aromatic heterocycles. The SMILES string of the molecule is Cc1cccc2cc(CN(C[C@@H]3CCCO3)C(=O)CC(C)(C)C)c3nnnn3c12. The number of amides is 1. The highest BCUT2D eigenvalue weighted by Crippen LogP contribution is 2.26. The Labute approximate surface area is 171 Å². The molecular weight excluding hydrogens is 366 g/mol. The monoisotopic (exact) mass is 395 g/mol. The zero-order valence-corrected chi connectivity index (χ0v) is 17.7. The van der Waals surface area contributed by atoms with E-state index in [-0.39, 0.29) is 17.4 Å². The Morgan fingerprint density at radius 1 is 1.34 bits per heavy atom. The Hall–Kier alpha value is -2.54. The summed E-state index contributed by atoms with van der Waals surface area (Å²) >= 11 is 0. The highest BCUT2D eigenvalue weighted by Gasteiger charge is 2.27. The summed E-state index contributed by atoms with van der Waals surface area (Å²) in [4.78, 5) is 15.1. The van der Waals surface area contributed by atoms with E-state index in [0.717, 1.165) is 41.5 Å². The first-order chi connectivity index (χ1) is 13.8. The van der Waals surface area contributed by atoms with Gasteiger partial charge in [0.15, 0.2) is 5.65 Å². The second kappa shape index (κ2) is 7.71. The van der Waals surface area contributed by atoms with Crippen molar-refractivity contribution >= 4 is 22.5 Å². The number of ether oxygens (including phenoxy) is 1. The van der Waals surface area contributed by atoms with Crippen LogP contribution in [-0.2, 0) is 16.1 Å². The molecule has 7 heteroatoms. The molecule has 0 saturated carbocycles. The van der Waals surface area contributed by atoms with Crippen LogP contribution in [0, 0.1) is 12.3 Å². The zero-order valence-electron chi connectivity index (χ0n) is 17.7. The number of fused-ring (bicyclic) bond motifs is 3. The first-order valence-electron chi connectivity index (χ1n) is 10.3. The molecule has 1 saturated heterocycles. The topological polar surface area (TPSA) is 72.6 Å². The third-order valence-electron chi connectivity index (χ3n) is 5.41. The number of benzene rings is 1. The van der Waals surface area contributed by atoms with Crippen LogP contribution >= 0.6 is 0 Å². The van der Waals surface area contributed by atoms with Crippen molar-refractivity contribution in [1.82, 2.24) is 24.9 Å². The fourth-order valence-electron chi connectivity index (χ4n) is 4.05. The highest BCUT2D eigenvalue weighted by atomic mass is 16.5. The second-order valence-corrected chi connectivity index (χ2v) is 9.24. The predicted molar refractivity (Wildman–Crippen MR) is 111 cm³/mol. The van der Waals surface area contributed by atoms with Crippen molar-refractivity contribution in [3.8, 4) is 0 Å². The van der Waals surface area contributed by atoms with Crippen LogP contribution < -0.4 is 0 Å². The number of para-hydroxylation sites is 1. The van der Waals surface area contributed by atoms with E-state index in [1.165, 1.54) is 0 Å². The lowest BCUT2D eigenvalue weighted by molar-refractivity contribution is -0.135. The molecule has 3 aromatic rings. The van der Waals surface area contributed by atoms with Gasteiger partial charge in [0.05, 0.1) is 11.6 Å². The Morgan fingerprint density at radius 2 is 2.17 bits per heavy atom. The molecule has 1 aliphatic rings. The summed E-state index contributed by atoms with van der Waals surface area (Å²) in [5, 5.41) is 13.4. The standard InChI is InChI=1S/C22H29N5O2/c1-15-7-5-8-16-11-17(21-23-24-25-27(21)20(15)16)13-26(14-18-9-6-10-29-18)19(28)12-22(2,3)4/h5,7-8,11,18H,6,9-10,12-14H2,1-4H3/t18-/m0/s1. The second-order valence-electron chi connectivity index (χ2n) is 9.24. The zero-order chi connectivity index (χ0) is 20.6. The van der Waals surface area contributed by atoms with Crippen molar-refractivity contribution in [2.45, 2.75) is 59.6 Å². The van der Waals surface area contributed by atoms with Gasteiger partial charge in [-0.2, -0.15) is 4.52 Å². The molecule has 1 aromatic carbocycles. The van der Waals surface area contributed by atoms with Gasteiger partial charge in [-0.1, -0.05) is 39.0 Å². The molecule has 154 valence electrons. The van der Waals surface area contributed by atoms with E-state index in [2.05, 4.69) is 61.4 Å². The van der Waals surface area contributed by atoms with E-state index < -0.39 is 0 Å². The third kappa shape index (κ3) is 4.24. The van der Waals surface area contributed by atoms with Crippen molar-refractivity contribution in [2.24, 2.45) is 5.41 Å². The lowest BCUT2D eigenvalue weighted by Crippen LogP contribution is -2.38. The van der Waals surface area contributed by atoms with Gasteiger partial charge in [0, 0.05) is 37.1 Å². The molecule has 1 aliphatic heterocycles. The Bertz CT molecular complexity index is 1030. The molecule has 0 radical (unpaired) electrons. The average molecular weight is 396 g/mol. The van der Waals surface area contributed by atoms with Crippen LogP contribution in [-0.4, -0.2) is 50.1 Å². The Morgan fingerprint density at radius 3 is 2.90 bits per heavy atom. The molecular formula is C22H29N5O2. The van der Waals surface area contributed by atoms with E-state index in [4.69, 9.17) is 4.74 Å². The summed E-state index contributed by atoms with van der Waals surface area (Å²) in [6.45, 7) is 10.2. The van der Waals surface area contributed by atoms with Crippen LogP contribution in [0.25, 0.3) is 16.6 Å². The van der Waals surface area contributed by atoms with E-state index in [9.17, 15) is 4.79 Å². The number of hydrogen-bond acceptors (Lipinski definition) is 5. The average Bonchev–Trinajstić information content (AvgIpc) is 3.31. The van der Waals surface area contributed by atoms with Gasteiger partial charge in [-0.25, -0.2) is 0 Å². The van der Waals surface area contributed by atoms with Gasteiger partial charge in [-0.15, -0.1) is 5.10 Å². The summed E-state index contributed by atoms with van der Waals surface area (Å²) in [5.74, 6) is 0.142. The van der Waals surface area contributed by atoms with Crippen molar-refractivity contribution in [1.29, 1.82) is 0 Å². The van der Waals surface area contributed by atoms with Gasteiger partial charge in [0.1, 0.15) is 0 Å². The number of carbonyl (C=O) groups excluding carboxylic acids is 1. The van der Waals surface area contributed by atoms with Gasteiger partial charge in [-0.3, -0.25) is 4.79 Å². The molecule has 0 spiro atoms. The smallest absolute Gasteiger partial charge is 0.223 e. The van der Waals surface area contributed by atoms with E-state index in [0.29, 0.717) is 25.2 Å². The van der Waals surface area contributed by atoms with Crippen molar-refractivity contribution in [3.05, 3.63) is 35.4 Å². The van der Waals surface area contributed by atoms with E-state index in [1.54, 1.807) is 4.52 Å². The van der Waals surface area contributed by atoms with Gasteiger partial charge in [-0.05, 0) is 47.2 Å². The van der Waals surface area contributed by atoms with Crippen LogP contribution in [0.4, 0.5) is 0 Å². The number of aromatic nitrogens is 4. The molecule has 0 aliphatic carbocycles. The minimum absolute atomic E-state index is 0.0713. The number of tetrazole rings is 1. The van der Waals surface area contributed by atoms with Gasteiger partial charge >= 0.3 is 0 Å². The Kier molecular flexibility index (Phi) is 5.25. The van der Waals surface area contributed by atoms with Crippen LogP contribution in [0.2, 0.25) is 0 Å². The first kappa shape index (κ1) is 19.8. The molecule has 0 unspecified atom stereocenters. The first-order valence-corrected chi connectivity index (χ1v) is 10.3. The van der Waals surface area contributed by atoms with Crippen LogP contribution in [0.5, 0.6) is 0 Å². The van der Waals surface area contributed by atoms with Gasteiger partial charge in [0.2, 0.25) is 5.91 Å². The quantitative estimate of drug-likeness (QED) is 0.661. The fraction of sp³-hybridized carbons (Fsp3) is 0.545. The molecule has 0 N–H and O–H groups in total. The number of hydrogen-bond donors (Lipinski definition) is 0. The molecule has 3 heterocycles. The summed E-state index contributed by atoms with van der Waals surface area (Å²) in [7, 11) is 0. The molecule has 29 heavy (non-hydrogen) atoms. The number of aryl methyl sites for hydroxylation is 1. The predicted octanol–water partition coefficient (Wildman–Crippen LogP) is 3.53. The van der Waals surface area contributed by atoms with Crippen LogP contribution in [0.1, 0.15) is 51.2 Å².